The number of aromatic nitrogens is 3. The van der Waals surface area contributed by atoms with Gasteiger partial charge in [-0.2, -0.15) is 0 Å². The molecule has 0 saturated carbocycles. The van der Waals surface area contributed by atoms with Crippen molar-refractivity contribution in [2.24, 2.45) is 0 Å². The molecule has 2 aromatic heterocycles. The van der Waals surface area contributed by atoms with Crippen molar-refractivity contribution < 1.29 is 0 Å². The highest BCUT2D eigenvalue weighted by Gasteiger charge is 2.07. The fourth-order valence-electron chi connectivity index (χ4n) is 1.43. The zero-order valence-corrected chi connectivity index (χ0v) is 11.8. The molecular formula is C11H14BrN3S. The van der Waals surface area contributed by atoms with E-state index in [-0.39, 0.29) is 4.83 Å². The van der Waals surface area contributed by atoms with Crippen molar-refractivity contribution in [3.8, 4) is 0 Å². The normalized spacial score (nSPS) is 12.9. The molecule has 2 rings (SSSR count). The molecule has 0 saturated heterocycles. The van der Waals surface area contributed by atoms with Crippen molar-refractivity contribution >= 4 is 27.3 Å². The average Bonchev–Trinajstić information content (AvgIpc) is 2.87. The van der Waals surface area contributed by atoms with Crippen LogP contribution in [0.4, 0.5) is 0 Å². The Morgan fingerprint density at radius 3 is 2.75 bits per heavy atom. The summed E-state index contributed by atoms with van der Waals surface area (Å²) in [5.74, 6) is 0. The van der Waals surface area contributed by atoms with Crippen molar-refractivity contribution in [1.29, 1.82) is 0 Å². The highest BCUT2D eigenvalue weighted by Crippen LogP contribution is 2.20. The Morgan fingerprint density at radius 1 is 1.44 bits per heavy atom. The predicted molar refractivity (Wildman–Crippen MR) is 70.2 cm³/mol. The number of alkyl halides is 1. The van der Waals surface area contributed by atoms with Crippen LogP contribution in [0.1, 0.15) is 34.1 Å². The molecule has 5 heteroatoms. The highest BCUT2D eigenvalue weighted by molar-refractivity contribution is 9.09. The molecule has 0 aliphatic carbocycles. The number of halogens is 1. The van der Waals surface area contributed by atoms with E-state index in [9.17, 15) is 0 Å². The van der Waals surface area contributed by atoms with Crippen LogP contribution in [0.15, 0.2) is 18.3 Å². The fourth-order valence-corrected chi connectivity index (χ4v) is 2.59. The molecule has 0 aliphatic heterocycles. The molecule has 0 N–H and O–H groups in total. The molecular weight excluding hydrogens is 286 g/mol. The summed E-state index contributed by atoms with van der Waals surface area (Å²) in [6.07, 6.45) is 3.09. The van der Waals surface area contributed by atoms with E-state index in [0.717, 1.165) is 18.7 Å². The van der Waals surface area contributed by atoms with Gasteiger partial charge in [0.25, 0.3) is 0 Å². The minimum absolute atomic E-state index is 0.260. The van der Waals surface area contributed by atoms with Crippen molar-refractivity contribution in [3.05, 3.63) is 33.8 Å². The predicted octanol–water partition coefficient (Wildman–Crippen LogP) is 3.41. The Labute approximate surface area is 108 Å². The molecule has 0 aromatic carbocycles. The summed E-state index contributed by atoms with van der Waals surface area (Å²) < 4.78 is 1.89. The van der Waals surface area contributed by atoms with E-state index in [0.29, 0.717) is 0 Å². The van der Waals surface area contributed by atoms with Crippen molar-refractivity contribution in [2.75, 3.05) is 0 Å². The Kier molecular flexibility index (Phi) is 3.76. The molecule has 2 heterocycles. The summed E-state index contributed by atoms with van der Waals surface area (Å²) in [5.41, 5.74) is 0.979. The topological polar surface area (TPSA) is 30.7 Å². The van der Waals surface area contributed by atoms with E-state index in [1.165, 1.54) is 9.75 Å². The summed E-state index contributed by atoms with van der Waals surface area (Å²) in [4.78, 5) is 3.01. The molecule has 0 spiro atoms. The van der Waals surface area contributed by atoms with Crippen LogP contribution in [0.3, 0.4) is 0 Å². The van der Waals surface area contributed by atoms with Crippen molar-refractivity contribution in [3.63, 3.8) is 0 Å². The zero-order valence-electron chi connectivity index (χ0n) is 9.35. The number of thiophene rings is 1. The van der Waals surface area contributed by atoms with Gasteiger partial charge >= 0.3 is 0 Å². The zero-order chi connectivity index (χ0) is 11.5. The lowest BCUT2D eigenvalue weighted by Gasteiger charge is -1.96. The molecule has 0 bridgehead atoms. The Morgan fingerprint density at radius 2 is 2.19 bits per heavy atom. The first kappa shape index (κ1) is 11.8. The second-order valence-corrected chi connectivity index (χ2v) is 6.30. The lowest BCUT2D eigenvalue weighted by Crippen LogP contribution is -1.98. The first-order valence-corrected chi connectivity index (χ1v) is 7.04. The molecule has 1 atom stereocenters. The Balaban J connectivity index is 2.08. The summed E-state index contributed by atoms with van der Waals surface area (Å²) in [7, 11) is 0. The second-order valence-electron chi connectivity index (χ2n) is 3.68. The number of rotatable bonds is 4. The van der Waals surface area contributed by atoms with E-state index in [1.54, 1.807) is 0 Å². The third-order valence-electron chi connectivity index (χ3n) is 2.35. The standard InChI is InChI=1S/C11H14BrN3S/c1-3-9-4-5-10(16-9)6-15-7-11(8(2)12)13-14-15/h4-5,7-8H,3,6H2,1-2H3. The van der Waals surface area contributed by atoms with Crippen LogP contribution >= 0.6 is 27.3 Å². The molecule has 3 nitrogen and oxygen atoms in total. The van der Waals surface area contributed by atoms with E-state index >= 15 is 0 Å². The molecule has 2 aromatic rings. The van der Waals surface area contributed by atoms with Gasteiger partial charge in [0.15, 0.2) is 0 Å². The van der Waals surface area contributed by atoms with Crippen LogP contribution in [0.5, 0.6) is 0 Å². The van der Waals surface area contributed by atoms with Gasteiger partial charge in [0, 0.05) is 16.0 Å². The number of nitrogens with zero attached hydrogens (tertiary/aromatic N) is 3. The minimum atomic E-state index is 0.260. The first-order valence-electron chi connectivity index (χ1n) is 5.30. The summed E-state index contributed by atoms with van der Waals surface area (Å²) in [6, 6.07) is 4.35. The SMILES string of the molecule is CCc1ccc(Cn2cc(C(C)Br)nn2)s1. The van der Waals surface area contributed by atoms with E-state index in [2.05, 4.69) is 52.2 Å². The van der Waals surface area contributed by atoms with Crippen molar-refractivity contribution in [2.45, 2.75) is 31.6 Å². The first-order chi connectivity index (χ1) is 7.69. The van der Waals surface area contributed by atoms with Gasteiger partial charge in [-0.15, -0.1) is 16.4 Å². The number of hydrogen-bond acceptors (Lipinski definition) is 3. The van der Waals surface area contributed by atoms with Gasteiger partial charge in [0.1, 0.15) is 0 Å². The van der Waals surface area contributed by atoms with Crippen LogP contribution in [0.25, 0.3) is 0 Å². The minimum Gasteiger partial charge on any atom is -0.247 e. The smallest absolute Gasteiger partial charge is 0.0960 e. The van der Waals surface area contributed by atoms with Gasteiger partial charge in [-0.05, 0) is 25.5 Å². The molecule has 86 valence electrons. The molecule has 0 amide bonds. The highest BCUT2D eigenvalue weighted by atomic mass is 79.9. The van der Waals surface area contributed by atoms with Crippen LogP contribution in [-0.4, -0.2) is 15.0 Å². The van der Waals surface area contributed by atoms with Gasteiger partial charge in [-0.1, -0.05) is 28.1 Å². The number of aryl methyl sites for hydroxylation is 1. The van der Waals surface area contributed by atoms with Gasteiger partial charge in [-0.25, -0.2) is 4.68 Å². The van der Waals surface area contributed by atoms with E-state index in [1.807, 2.05) is 22.2 Å². The third-order valence-corrected chi connectivity index (χ3v) is 4.03. The Hall–Kier alpha value is -0.680. The second kappa shape index (κ2) is 5.10. The molecule has 0 radical (unpaired) electrons. The lowest BCUT2D eigenvalue weighted by molar-refractivity contribution is 0.655. The summed E-state index contributed by atoms with van der Waals surface area (Å²) in [6.45, 7) is 5.04. The largest absolute Gasteiger partial charge is 0.247 e. The monoisotopic (exact) mass is 299 g/mol. The summed E-state index contributed by atoms with van der Waals surface area (Å²) in [5, 5.41) is 8.22. The number of hydrogen-bond donors (Lipinski definition) is 0. The van der Waals surface area contributed by atoms with Gasteiger partial charge in [0.05, 0.1) is 17.1 Å². The lowest BCUT2D eigenvalue weighted by atomic mass is 10.3. The van der Waals surface area contributed by atoms with Gasteiger partial charge in [0.2, 0.25) is 0 Å². The maximum Gasteiger partial charge on any atom is 0.0960 e. The van der Waals surface area contributed by atoms with Gasteiger partial charge < -0.3 is 0 Å². The van der Waals surface area contributed by atoms with Crippen LogP contribution in [-0.2, 0) is 13.0 Å². The Bertz CT molecular complexity index is 461. The summed E-state index contributed by atoms with van der Waals surface area (Å²) >= 11 is 5.33. The average molecular weight is 300 g/mol. The maximum atomic E-state index is 4.11. The van der Waals surface area contributed by atoms with E-state index in [4.69, 9.17) is 0 Å². The molecule has 0 aliphatic rings. The van der Waals surface area contributed by atoms with Crippen LogP contribution in [0, 0.1) is 0 Å². The molecule has 0 fully saturated rings. The third kappa shape index (κ3) is 2.71. The fraction of sp³-hybridized carbons (Fsp3) is 0.455. The van der Waals surface area contributed by atoms with Crippen LogP contribution < -0.4 is 0 Å². The van der Waals surface area contributed by atoms with Crippen LogP contribution in [0.2, 0.25) is 0 Å². The van der Waals surface area contributed by atoms with Crippen molar-refractivity contribution in [1.82, 2.24) is 15.0 Å². The molecule has 1 unspecified atom stereocenters. The molecule has 16 heavy (non-hydrogen) atoms. The van der Waals surface area contributed by atoms with E-state index < -0.39 is 0 Å². The quantitative estimate of drug-likeness (QED) is 0.810. The van der Waals surface area contributed by atoms with Gasteiger partial charge in [-0.3, -0.25) is 0 Å². The maximum absolute atomic E-state index is 4.11.